The molecule has 0 saturated carbocycles. The van der Waals surface area contributed by atoms with Crippen molar-refractivity contribution in [3.8, 4) is 0 Å². The van der Waals surface area contributed by atoms with Crippen LogP contribution in [0.4, 0.5) is 5.69 Å². The van der Waals surface area contributed by atoms with Gasteiger partial charge in [0.1, 0.15) is 6.61 Å². The summed E-state index contributed by atoms with van der Waals surface area (Å²) in [4.78, 5) is 35.6. The first kappa shape index (κ1) is 18.3. The molecule has 1 aliphatic heterocycles. The lowest BCUT2D eigenvalue weighted by molar-refractivity contribution is -0.385. The molecule has 0 spiro atoms. The van der Waals surface area contributed by atoms with Gasteiger partial charge in [-0.3, -0.25) is 14.9 Å². The van der Waals surface area contributed by atoms with Crippen LogP contribution in [0.25, 0.3) is 0 Å². The highest BCUT2D eigenvalue weighted by atomic mass is 16.6. The average molecular weight is 366 g/mol. The maximum absolute atomic E-state index is 12.8. The Kier molecular flexibility index (Phi) is 5.30. The minimum absolute atomic E-state index is 0.0576. The van der Waals surface area contributed by atoms with Crippen LogP contribution in [0.5, 0.6) is 0 Å². The topological polar surface area (TPSA) is 98.5 Å². The fourth-order valence-electron chi connectivity index (χ4n) is 3.19. The van der Waals surface area contributed by atoms with Gasteiger partial charge in [-0.2, -0.15) is 0 Å². The number of ether oxygens (including phenoxy) is 1. The van der Waals surface area contributed by atoms with E-state index in [1.165, 1.54) is 6.07 Å². The van der Waals surface area contributed by atoms with Gasteiger partial charge in [0, 0.05) is 29.7 Å². The van der Waals surface area contributed by atoms with Crippen LogP contribution in [0.15, 0.2) is 65.9 Å². The lowest BCUT2D eigenvalue weighted by Crippen LogP contribution is -2.34. The van der Waals surface area contributed by atoms with Crippen LogP contribution in [-0.2, 0) is 20.9 Å². The molecule has 1 heterocycles. The zero-order valence-corrected chi connectivity index (χ0v) is 14.7. The van der Waals surface area contributed by atoms with Gasteiger partial charge in [0.15, 0.2) is 0 Å². The molecule has 0 unspecified atom stereocenters. The number of benzene rings is 2. The number of allylic oxidation sites excluding steroid dienone is 1. The third-order valence-corrected chi connectivity index (χ3v) is 4.41. The second-order valence-corrected chi connectivity index (χ2v) is 6.22. The Hall–Kier alpha value is -3.48. The van der Waals surface area contributed by atoms with Crippen molar-refractivity contribution in [1.29, 1.82) is 0 Å². The normalized spacial score (nSPS) is 16.6. The van der Waals surface area contributed by atoms with Gasteiger partial charge in [-0.1, -0.05) is 48.5 Å². The van der Waals surface area contributed by atoms with Crippen molar-refractivity contribution in [3.63, 3.8) is 0 Å². The zero-order chi connectivity index (χ0) is 19.4. The minimum atomic E-state index is -0.733. The highest BCUT2D eigenvalue weighted by Gasteiger charge is 2.36. The highest BCUT2D eigenvalue weighted by molar-refractivity contribution is 5.96. The number of amides is 1. The molecule has 138 valence electrons. The fourth-order valence-corrected chi connectivity index (χ4v) is 3.19. The molecule has 1 amide bonds. The molecule has 27 heavy (non-hydrogen) atoms. The van der Waals surface area contributed by atoms with Crippen LogP contribution in [-0.4, -0.2) is 16.8 Å². The van der Waals surface area contributed by atoms with Crippen LogP contribution in [0.1, 0.15) is 30.4 Å². The third-order valence-electron chi connectivity index (χ3n) is 4.41. The number of para-hydroxylation sites is 1. The number of nitro benzene ring substituents is 1. The summed E-state index contributed by atoms with van der Waals surface area (Å²) < 4.78 is 5.41. The van der Waals surface area contributed by atoms with E-state index in [9.17, 15) is 19.7 Å². The van der Waals surface area contributed by atoms with Crippen LogP contribution >= 0.6 is 0 Å². The Morgan fingerprint density at radius 2 is 1.85 bits per heavy atom. The quantitative estimate of drug-likeness (QED) is 0.498. The molecule has 0 aliphatic carbocycles. The van der Waals surface area contributed by atoms with E-state index in [1.807, 2.05) is 30.3 Å². The molecule has 1 atom stereocenters. The number of rotatable bonds is 5. The Morgan fingerprint density at radius 3 is 2.56 bits per heavy atom. The molecule has 7 nitrogen and oxygen atoms in total. The Bertz CT molecular complexity index is 921. The summed E-state index contributed by atoms with van der Waals surface area (Å²) in [7, 11) is 0. The predicted octanol–water partition coefficient (Wildman–Crippen LogP) is 3.22. The van der Waals surface area contributed by atoms with E-state index in [-0.39, 0.29) is 30.2 Å². The van der Waals surface area contributed by atoms with Crippen LogP contribution < -0.4 is 5.32 Å². The van der Waals surface area contributed by atoms with Gasteiger partial charge >= 0.3 is 5.97 Å². The molecule has 0 fully saturated rings. The number of hydrogen-bond donors (Lipinski definition) is 1. The molecule has 0 saturated heterocycles. The number of carbonyl (C=O) groups excluding carboxylic acids is 2. The Labute approximate surface area is 155 Å². The van der Waals surface area contributed by atoms with Crippen molar-refractivity contribution in [3.05, 3.63) is 87.1 Å². The molecule has 1 N–H and O–H groups in total. The van der Waals surface area contributed by atoms with Crippen molar-refractivity contribution in [1.82, 2.24) is 5.32 Å². The van der Waals surface area contributed by atoms with Crippen molar-refractivity contribution in [2.45, 2.75) is 25.9 Å². The van der Waals surface area contributed by atoms with Gasteiger partial charge in [0.25, 0.3) is 5.69 Å². The maximum Gasteiger partial charge on any atom is 0.336 e. The minimum Gasteiger partial charge on any atom is -0.457 e. The van der Waals surface area contributed by atoms with E-state index in [2.05, 4.69) is 5.32 Å². The van der Waals surface area contributed by atoms with Crippen molar-refractivity contribution >= 4 is 17.6 Å². The number of nitro groups is 1. The largest absolute Gasteiger partial charge is 0.457 e. The van der Waals surface area contributed by atoms with Gasteiger partial charge in [0.05, 0.1) is 10.5 Å². The van der Waals surface area contributed by atoms with E-state index < -0.39 is 16.8 Å². The lowest BCUT2D eigenvalue weighted by Gasteiger charge is -2.26. The first-order valence-electron chi connectivity index (χ1n) is 8.42. The van der Waals surface area contributed by atoms with E-state index in [0.717, 1.165) is 5.56 Å². The predicted molar refractivity (Wildman–Crippen MR) is 97.5 cm³/mol. The zero-order valence-electron chi connectivity index (χ0n) is 14.7. The fraction of sp³-hybridized carbons (Fsp3) is 0.200. The summed E-state index contributed by atoms with van der Waals surface area (Å²) in [5, 5.41) is 14.0. The van der Waals surface area contributed by atoms with E-state index in [0.29, 0.717) is 11.3 Å². The number of nitrogens with one attached hydrogen (secondary N) is 1. The molecular formula is C20H18N2O5. The second-order valence-electron chi connectivity index (χ2n) is 6.22. The molecule has 0 aromatic heterocycles. The first-order valence-corrected chi connectivity index (χ1v) is 8.42. The van der Waals surface area contributed by atoms with Gasteiger partial charge in [0.2, 0.25) is 5.91 Å². The van der Waals surface area contributed by atoms with Crippen molar-refractivity contribution in [2.24, 2.45) is 0 Å². The summed E-state index contributed by atoms with van der Waals surface area (Å²) in [6.45, 7) is 1.67. The highest BCUT2D eigenvalue weighted by Crippen LogP contribution is 2.38. The van der Waals surface area contributed by atoms with E-state index >= 15 is 0 Å². The Balaban J connectivity index is 1.93. The molecule has 0 radical (unpaired) electrons. The van der Waals surface area contributed by atoms with Gasteiger partial charge < -0.3 is 10.1 Å². The number of esters is 1. The van der Waals surface area contributed by atoms with E-state index in [4.69, 9.17) is 4.74 Å². The molecule has 1 aliphatic rings. The van der Waals surface area contributed by atoms with Crippen molar-refractivity contribution < 1.29 is 19.2 Å². The number of carbonyl (C=O) groups is 2. The van der Waals surface area contributed by atoms with Crippen LogP contribution in [0, 0.1) is 10.1 Å². The number of nitrogens with zero attached hydrogens (tertiary/aromatic N) is 1. The first-order chi connectivity index (χ1) is 13.0. The number of hydrogen-bond acceptors (Lipinski definition) is 5. The molecule has 2 aromatic carbocycles. The standard InChI is InChI=1S/C20H18N2O5/c1-13-19(20(24)27-12-14-7-3-2-4-8-14)16(11-18(23)21-13)15-9-5-6-10-17(15)22(25)26/h2-10,16H,11-12H2,1H3,(H,21,23)/t16-/m1/s1. The van der Waals surface area contributed by atoms with Gasteiger partial charge in [-0.05, 0) is 12.5 Å². The van der Waals surface area contributed by atoms with Crippen molar-refractivity contribution in [2.75, 3.05) is 0 Å². The molecule has 7 heteroatoms. The lowest BCUT2D eigenvalue weighted by atomic mass is 9.83. The summed E-state index contributed by atoms with van der Waals surface area (Å²) in [6, 6.07) is 15.3. The summed E-state index contributed by atoms with van der Waals surface area (Å²) in [5.41, 5.74) is 1.61. The summed E-state index contributed by atoms with van der Waals surface area (Å²) in [6.07, 6.45) is -0.0576. The monoisotopic (exact) mass is 366 g/mol. The SMILES string of the molecule is CC1=C(C(=O)OCc2ccccc2)[C@@H](c2ccccc2[N+](=O)[O-])CC(=O)N1. The maximum atomic E-state index is 12.8. The summed E-state index contributed by atoms with van der Waals surface area (Å²) in [5.74, 6) is -1.63. The van der Waals surface area contributed by atoms with Gasteiger partial charge in [-0.15, -0.1) is 0 Å². The van der Waals surface area contributed by atoms with Gasteiger partial charge in [-0.25, -0.2) is 4.79 Å². The molecule has 2 aromatic rings. The molecule has 3 rings (SSSR count). The summed E-state index contributed by atoms with van der Waals surface area (Å²) >= 11 is 0. The smallest absolute Gasteiger partial charge is 0.336 e. The Morgan fingerprint density at radius 1 is 1.19 bits per heavy atom. The second kappa shape index (κ2) is 7.82. The third kappa shape index (κ3) is 4.03. The van der Waals surface area contributed by atoms with Crippen LogP contribution in [0.3, 0.4) is 0 Å². The van der Waals surface area contributed by atoms with Crippen LogP contribution in [0.2, 0.25) is 0 Å². The molecule has 0 bridgehead atoms. The molecular weight excluding hydrogens is 348 g/mol. The average Bonchev–Trinajstić information content (AvgIpc) is 2.66. The van der Waals surface area contributed by atoms with E-state index in [1.54, 1.807) is 25.1 Å².